The van der Waals surface area contributed by atoms with Gasteiger partial charge in [0.1, 0.15) is 0 Å². The molecule has 78 valence electrons. The van der Waals surface area contributed by atoms with Crippen LogP contribution < -0.4 is 4.74 Å². The van der Waals surface area contributed by atoms with E-state index in [9.17, 15) is 13.2 Å². The molecule has 0 amide bonds. The Balaban J connectivity index is 2.87. The summed E-state index contributed by atoms with van der Waals surface area (Å²) >= 11 is 0. The smallest absolute Gasteiger partial charge is 0.418 e. The standard InChI is InChI=1S/C8H8F3NO2/c1-14-6-3-2-5(4-12-6)7(13)8(9,10)11/h2-4,7,13H,1H3. The number of aliphatic hydroxyl groups is 1. The lowest BCUT2D eigenvalue weighted by Gasteiger charge is -2.14. The van der Waals surface area contributed by atoms with Crippen molar-refractivity contribution in [1.29, 1.82) is 0 Å². The summed E-state index contributed by atoms with van der Waals surface area (Å²) in [5.41, 5.74) is -0.307. The molecule has 1 atom stereocenters. The van der Waals surface area contributed by atoms with Crippen LogP contribution in [0.3, 0.4) is 0 Å². The normalized spacial score (nSPS) is 13.8. The number of hydrogen-bond acceptors (Lipinski definition) is 3. The Morgan fingerprint density at radius 3 is 2.43 bits per heavy atom. The maximum Gasteiger partial charge on any atom is 0.418 e. The first-order valence-corrected chi connectivity index (χ1v) is 3.70. The summed E-state index contributed by atoms with van der Waals surface area (Å²) in [6.45, 7) is 0. The molecule has 14 heavy (non-hydrogen) atoms. The van der Waals surface area contributed by atoms with E-state index in [0.29, 0.717) is 0 Å². The number of rotatable bonds is 2. The fourth-order valence-corrected chi connectivity index (χ4v) is 0.863. The molecule has 0 saturated carbocycles. The van der Waals surface area contributed by atoms with E-state index in [-0.39, 0.29) is 11.4 Å². The molecule has 0 radical (unpaired) electrons. The zero-order chi connectivity index (χ0) is 10.8. The van der Waals surface area contributed by atoms with Crippen LogP contribution in [0.2, 0.25) is 0 Å². The molecule has 1 N–H and O–H groups in total. The van der Waals surface area contributed by atoms with Gasteiger partial charge in [0.15, 0.2) is 6.10 Å². The van der Waals surface area contributed by atoms with Crippen LogP contribution in [0.15, 0.2) is 18.3 Å². The Kier molecular flexibility index (Phi) is 2.95. The van der Waals surface area contributed by atoms with Gasteiger partial charge in [0.2, 0.25) is 5.88 Å². The van der Waals surface area contributed by atoms with Crippen LogP contribution >= 0.6 is 0 Å². The van der Waals surface area contributed by atoms with Crippen LogP contribution in [0, 0.1) is 0 Å². The second-order valence-corrected chi connectivity index (χ2v) is 2.58. The Morgan fingerprint density at radius 2 is 2.07 bits per heavy atom. The molecule has 1 aromatic heterocycles. The highest BCUT2D eigenvalue weighted by Crippen LogP contribution is 2.32. The predicted octanol–water partition coefficient (Wildman–Crippen LogP) is 1.69. The zero-order valence-corrected chi connectivity index (χ0v) is 7.25. The number of alkyl halides is 3. The van der Waals surface area contributed by atoms with Crippen molar-refractivity contribution < 1.29 is 23.0 Å². The van der Waals surface area contributed by atoms with Crippen molar-refractivity contribution in [3.05, 3.63) is 23.9 Å². The minimum absolute atomic E-state index is 0.197. The summed E-state index contributed by atoms with van der Waals surface area (Å²) in [7, 11) is 1.35. The van der Waals surface area contributed by atoms with Gasteiger partial charge < -0.3 is 9.84 Å². The van der Waals surface area contributed by atoms with Gasteiger partial charge in [-0.25, -0.2) is 4.98 Å². The Morgan fingerprint density at radius 1 is 1.43 bits per heavy atom. The summed E-state index contributed by atoms with van der Waals surface area (Å²) in [4.78, 5) is 3.55. The van der Waals surface area contributed by atoms with Gasteiger partial charge in [-0.05, 0) is 6.07 Å². The van der Waals surface area contributed by atoms with Crippen molar-refractivity contribution in [3.63, 3.8) is 0 Å². The van der Waals surface area contributed by atoms with Gasteiger partial charge in [-0.1, -0.05) is 0 Å². The quantitative estimate of drug-likeness (QED) is 0.802. The fourth-order valence-electron chi connectivity index (χ4n) is 0.863. The Hall–Kier alpha value is -1.30. The molecule has 1 unspecified atom stereocenters. The van der Waals surface area contributed by atoms with Crippen LogP contribution in [0.5, 0.6) is 5.88 Å². The van der Waals surface area contributed by atoms with Gasteiger partial charge in [-0.15, -0.1) is 0 Å². The van der Waals surface area contributed by atoms with Crippen LogP contribution in [-0.2, 0) is 0 Å². The van der Waals surface area contributed by atoms with Crippen molar-refractivity contribution >= 4 is 0 Å². The number of ether oxygens (including phenoxy) is 1. The minimum atomic E-state index is -4.67. The van der Waals surface area contributed by atoms with E-state index in [1.54, 1.807) is 0 Å². The van der Waals surface area contributed by atoms with Gasteiger partial charge in [0.25, 0.3) is 0 Å². The first-order valence-electron chi connectivity index (χ1n) is 3.70. The van der Waals surface area contributed by atoms with Crippen molar-refractivity contribution in [2.24, 2.45) is 0 Å². The summed E-state index contributed by atoms with van der Waals surface area (Å²) in [5.74, 6) is 0.197. The molecular weight excluding hydrogens is 199 g/mol. The topological polar surface area (TPSA) is 42.4 Å². The highest BCUT2D eigenvalue weighted by Gasteiger charge is 2.39. The largest absolute Gasteiger partial charge is 0.481 e. The number of nitrogens with zero attached hydrogens (tertiary/aromatic N) is 1. The lowest BCUT2D eigenvalue weighted by atomic mass is 10.1. The van der Waals surface area contributed by atoms with E-state index in [1.807, 2.05) is 0 Å². The van der Waals surface area contributed by atoms with Crippen LogP contribution in [0.4, 0.5) is 13.2 Å². The molecule has 0 aromatic carbocycles. The number of pyridine rings is 1. The third-order valence-electron chi connectivity index (χ3n) is 1.59. The summed E-state index contributed by atoms with van der Waals surface area (Å²) < 4.78 is 40.7. The monoisotopic (exact) mass is 207 g/mol. The van der Waals surface area contributed by atoms with Crippen LogP contribution in [-0.4, -0.2) is 23.4 Å². The first-order chi connectivity index (χ1) is 6.45. The van der Waals surface area contributed by atoms with Crippen molar-refractivity contribution in [2.45, 2.75) is 12.3 Å². The average molecular weight is 207 g/mol. The van der Waals surface area contributed by atoms with E-state index >= 15 is 0 Å². The molecule has 0 aliphatic heterocycles. The molecular formula is C8H8F3NO2. The number of methoxy groups -OCH3 is 1. The van der Waals surface area contributed by atoms with Gasteiger partial charge in [0, 0.05) is 17.8 Å². The molecule has 1 heterocycles. The average Bonchev–Trinajstić information content (AvgIpc) is 2.15. The lowest BCUT2D eigenvalue weighted by Crippen LogP contribution is -2.20. The van der Waals surface area contributed by atoms with Crippen molar-refractivity contribution in [2.75, 3.05) is 7.11 Å². The summed E-state index contributed by atoms with van der Waals surface area (Å²) in [6.07, 6.45) is -6.24. The Bertz CT molecular complexity index is 296. The molecule has 1 rings (SSSR count). The zero-order valence-electron chi connectivity index (χ0n) is 7.25. The summed E-state index contributed by atoms with van der Waals surface area (Å²) in [5, 5.41) is 8.81. The highest BCUT2D eigenvalue weighted by atomic mass is 19.4. The minimum Gasteiger partial charge on any atom is -0.481 e. The van der Waals surface area contributed by atoms with E-state index < -0.39 is 12.3 Å². The number of hydrogen-bond donors (Lipinski definition) is 1. The SMILES string of the molecule is COc1ccc(C(O)C(F)(F)F)cn1. The third-order valence-corrected chi connectivity index (χ3v) is 1.59. The highest BCUT2D eigenvalue weighted by molar-refractivity contribution is 5.20. The van der Waals surface area contributed by atoms with Gasteiger partial charge in [-0.2, -0.15) is 13.2 Å². The number of aliphatic hydroxyl groups excluding tert-OH is 1. The Labute approximate surface area is 78.2 Å². The summed E-state index contributed by atoms with van der Waals surface area (Å²) in [6, 6.07) is 2.37. The first kappa shape index (κ1) is 10.8. The molecule has 0 aliphatic carbocycles. The van der Waals surface area contributed by atoms with E-state index in [2.05, 4.69) is 9.72 Å². The van der Waals surface area contributed by atoms with E-state index in [1.165, 1.54) is 13.2 Å². The van der Waals surface area contributed by atoms with Gasteiger partial charge in [-0.3, -0.25) is 0 Å². The number of halogens is 3. The molecule has 1 aromatic rings. The molecule has 0 saturated heterocycles. The predicted molar refractivity (Wildman–Crippen MR) is 41.8 cm³/mol. The second-order valence-electron chi connectivity index (χ2n) is 2.58. The fraction of sp³-hybridized carbons (Fsp3) is 0.375. The van der Waals surface area contributed by atoms with Crippen LogP contribution in [0.1, 0.15) is 11.7 Å². The van der Waals surface area contributed by atoms with E-state index in [0.717, 1.165) is 12.3 Å². The third kappa shape index (κ3) is 2.35. The number of aromatic nitrogens is 1. The molecule has 0 fully saturated rings. The van der Waals surface area contributed by atoms with Crippen LogP contribution in [0.25, 0.3) is 0 Å². The molecule has 0 aliphatic rings. The molecule has 0 bridgehead atoms. The maximum atomic E-state index is 12.0. The van der Waals surface area contributed by atoms with E-state index in [4.69, 9.17) is 5.11 Å². The van der Waals surface area contributed by atoms with Gasteiger partial charge >= 0.3 is 6.18 Å². The molecule has 6 heteroatoms. The van der Waals surface area contributed by atoms with Crippen molar-refractivity contribution in [1.82, 2.24) is 4.98 Å². The second kappa shape index (κ2) is 3.83. The maximum absolute atomic E-state index is 12.0. The molecule has 0 spiro atoms. The van der Waals surface area contributed by atoms with Crippen molar-refractivity contribution in [3.8, 4) is 5.88 Å². The lowest BCUT2D eigenvalue weighted by molar-refractivity contribution is -0.206. The van der Waals surface area contributed by atoms with Gasteiger partial charge in [0.05, 0.1) is 7.11 Å². The molecule has 3 nitrogen and oxygen atoms in total.